The molecule has 2 N–H and O–H groups in total. The molecule has 2 heterocycles. The summed E-state index contributed by atoms with van der Waals surface area (Å²) in [7, 11) is 0. The summed E-state index contributed by atoms with van der Waals surface area (Å²) in [5.74, 6) is 0.0766. The largest absolute Gasteiger partial charge is 0.481 e. The number of amides is 2. The van der Waals surface area contributed by atoms with E-state index in [4.69, 9.17) is 0 Å². The number of likely N-dealkylation sites (tertiary alicyclic amines) is 1. The Morgan fingerprint density at radius 1 is 1.38 bits per heavy atom. The van der Waals surface area contributed by atoms with Crippen LogP contribution in [0.4, 0.5) is 10.6 Å². The average Bonchev–Trinajstić information content (AvgIpc) is 3.30. The van der Waals surface area contributed by atoms with Gasteiger partial charge in [0.05, 0.1) is 12.0 Å². The normalized spacial score (nSPS) is 25.4. The van der Waals surface area contributed by atoms with Gasteiger partial charge in [-0.2, -0.15) is 5.10 Å². The highest BCUT2D eigenvalue weighted by molar-refractivity contribution is 5.88. The number of aryl methyl sites for hydroxylation is 1. The molecule has 2 fully saturated rings. The molecular weight excluding hydrogens is 308 g/mol. The Balaban J connectivity index is 1.66. The summed E-state index contributed by atoms with van der Waals surface area (Å²) in [5, 5.41) is 16.6. The second-order valence-electron chi connectivity index (χ2n) is 7.40. The van der Waals surface area contributed by atoms with E-state index in [0.717, 1.165) is 5.69 Å². The number of aliphatic carboxylic acids is 1. The number of anilines is 1. The first-order valence-electron chi connectivity index (χ1n) is 8.70. The van der Waals surface area contributed by atoms with Crippen LogP contribution in [0.3, 0.4) is 0 Å². The molecule has 3 unspecified atom stereocenters. The van der Waals surface area contributed by atoms with E-state index in [9.17, 15) is 14.7 Å². The van der Waals surface area contributed by atoms with Crippen LogP contribution in [0.1, 0.15) is 44.8 Å². The molecule has 3 atom stereocenters. The number of hydrogen-bond acceptors (Lipinski definition) is 3. The SMILES string of the molecule is Cc1cc(NC(=O)N2CC(C)CC(C(=O)O)C2)nn1C(C)C1CC1. The molecule has 7 nitrogen and oxygen atoms in total. The van der Waals surface area contributed by atoms with E-state index in [0.29, 0.717) is 30.7 Å². The van der Waals surface area contributed by atoms with Crippen molar-refractivity contribution < 1.29 is 14.7 Å². The van der Waals surface area contributed by atoms with Crippen LogP contribution in [-0.4, -0.2) is 44.9 Å². The minimum absolute atomic E-state index is 0.180. The van der Waals surface area contributed by atoms with Gasteiger partial charge in [-0.25, -0.2) is 4.79 Å². The smallest absolute Gasteiger partial charge is 0.323 e. The lowest BCUT2D eigenvalue weighted by Crippen LogP contribution is -2.47. The highest BCUT2D eigenvalue weighted by Crippen LogP contribution is 2.39. The first-order valence-corrected chi connectivity index (χ1v) is 8.70. The summed E-state index contributed by atoms with van der Waals surface area (Å²) < 4.78 is 1.98. The molecule has 0 aromatic carbocycles. The van der Waals surface area contributed by atoms with E-state index < -0.39 is 11.9 Å². The van der Waals surface area contributed by atoms with Crippen LogP contribution >= 0.6 is 0 Å². The van der Waals surface area contributed by atoms with Gasteiger partial charge < -0.3 is 10.0 Å². The van der Waals surface area contributed by atoms with Gasteiger partial charge in [-0.05, 0) is 44.9 Å². The second-order valence-corrected chi connectivity index (χ2v) is 7.40. The van der Waals surface area contributed by atoms with Gasteiger partial charge in [-0.15, -0.1) is 0 Å². The molecular formula is C17H26N4O3. The molecule has 1 saturated carbocycles. The van der Waals surface area contributed by atoms with E-state index in [-0.39, 0.29) is 18.5 Å². The lowest BCUT2D eigenvalue weighted by molar-refractivity contribution is -0.143. The number of carboxylic acid groups (broad SMARTS) is 1. The molecule has 2 amide bonds. The quantitative estimate of drug-likeness (QED) is 0.886. The van der Waals surface area contributed by atoms with Crippen molar-refractivity contribution in [1.82, 2.24) is 14.7 Å². The van der Waals surface area contributed by atoms with Crippen molar-refractivity contribution in [1.29, 1.82) is 0 Å². The summed E-state index contributed by atoms with van der Waals surface area (Å²) in [6.07, 6.45) is 3.10. The van der Waals surface area contributed by atoms with Gasteiger partial charge in [0.15, 0.2) is 5.82 Å². The minimum atomic E-state index is -0.835. The summed E-state index contributed by atoms with van der Waals surface area (Å²) in [4.78, 5) is 25.3. The summed E-state index contributed by atoms with van der Waals surface area (Å²) in [6.45, 7) is 6.96. The second kappa shape index (κ2) is 6.45. The highest BCUT2D eigenvalue weighted by atomic mass is 16.4. The predicted octanol–water partition coefficient (Wildman–Crippen LogP) is 2.74. The molecule has 3 rings (SSSR count). The van der Waals surface area contributed by atoms with Crippen LogP contribution in [0, 0.1) is 24.7 Å². The topological polar surface area (TPSA) is 87.5 Å². The summed E-state index contributed by atoms with van der Waals surface area (Å²) in [6, 6.07) is 1.96. The standard InChI is InChI=1S/C17H26N4O3/c1-10-6-14(16(22)23)9-20(8-10)17(24)18-15-7-11(2)21(19-15)12(3)13-4-5-13/h7,10,12-14H,4-6,8-9H2,1-3H3,(H,22,23)(H,18,19,24). The molecule has 2 aliphatic rings. The molecule has 24 heavy (non-hydrogen) atoms. The molecule has 0 bridgehead atoms. The van der Waals surface area contributed by atoms with Crippen molar-refractivity contribution in [3.8, 4) is 0 Å². The maximum atomic E-state index is 12.5. The maximum absolute atomic E-state index is 12.5. The minimum Gasteiger partial charge on any atom is -0.481 e. The van der Waals surface area contributed by atoms with Gasteiger partial charge >= 0.3 is 12.0 Å². The number of nitrogens with one attached hydrogen (secondary N) is 1. The molecule has 0 spiro atoms. The van der Waals surface area contributed by atoms with E-state index in [1.807, 2.05) is 24.6 Å². The molecule has 1 aliphatic carbocycles. The zero-order chi connectivity index (χ0) is 17.4. The Morgan fingerprint density at radius 3 is 2.71 bits per heavy atom. The Morgan fingerprint density at radius 2 is 2.08 bits per heavy atom. The predicted molar refractivity (Wildman–Crippen MR) is 89.9 cm³/mol. The first-order chi connectivity index (χ1) is 11.3. The van der Waals surface area contributed by atoms with Gasteiger partial charge in [0, 0.05) is 24.8 Å². The van der Waals surface area contributed by atoms with Crippen molar-refractivity contribution in [2.45, 2.75) is 46.1 Å². The summed E-state index contributed by atoms with van der Waals surface area (Å²) in [5.41, 5.74) is 1.03. The molecule has 1 aliphatic heterocycles. The van der Waals surface area contributed by atoms with Crippen molar-refractivity contribution in [3.05, 3.63) is 11.8 Å². The number of piperidine rings is 1. The zero-order valence-electron chi connectivity index (χ0n) is 14.5. The lowest BCUT2D eigenvalue weighted by Gasteiger charge is -2.34. The number of rotatable bonds is 4. The number of carbonyl (C=O) groups excluding carboxylic acids is 1. The number of carbonyl (C=O) groups is 2. The van der Waals surface area contributed by atoms with Crippen molar-refractivity contribution in [2.75, 3.05) is 18.4 Å². The molecule has 0 radical (unpaired) electrons. The van der Waals surface area contributed by atoms with Gasteiger partial charge in [-0.3, -0.25) is 14.8 Å². The fraction of sp³-hybridized carbons (Fsp3) is 0.706. The lowest BCUT2D eigenvalue weighted by atomic mass is 9.91. The zero-order valence-corrected chi connectivity index (χ0v) is 14.5. The molecule has 1 aromatic heterocycles. The monoisotopic (exact) mass is 334 g/mol. The Hall–Kier alpha value is -2.05. The number of nitrogens with zero attached hydrogens (tertiary/aromatic N) is 3. The number of aromatic nitrogens is 2. The first kappa shape index (κ1) is 16.8. The third kappa shape index (κ3) is 3.55. The molecule has 7 heteroatoms. The van der Waals surface area contributed by atoms with E-state index >= 15 is 0 Å². The number of hydrogen-bond donors (Lipinski definition) is 2. The van der Waals surface area contributed by atoms with Gasteiger partial charge in [-0.1, -0.05) is 6.92 Å². The van der Waals surface area contributed by atoms with Crippen LogP contribution in [0.5, 0.6) is 0 Å². The number of urea groups is 1. The molecule has 132 valence electrons. The van der Waals surface area contributed by atoms with Crippen LogP contribution < -0.4 is 5.32 Å². The Labute approximate surface area is 142 Å². The van der Waals surface area contributed by atoms with Crippen molar-refractivity contribution >= 4 is 17.8 Å². The van der Waals surface area contributed by atoms with Crippen LogP contribution in [0.15, 0.2) is 6.07 Å². The van der Waals surface area contributed by atoms with Crippen LogP contribution in [-0.2, 0) is 4.79 Å². The fourth-order valence-corrected chi connectivity index (χ4v) is 3.62. The third-order valence-electron chi connectivity index (χ3n) is 5.14. The van der Waals surface area contributed by atoms with Crippen molar-refractivity contribution in [3.63, 3.8) is 0 Å². The highest BCUT2D eigenvalue weighted by Gasteiger charge is 2.33. The van der Waals surface area contributed by atoms with Crippen LogP contribution in [0.2, 0.25) is 0 Å². The summed E-state index contributed by atoms with van der Waals surface area (Å²) >= 11 is 0. The van der Waals surface area contributed by atoms with E-state index in [2.05, 4.69) is 17.3 Å². The fourth-order valence-electron chi connectivity index (χ4n) is 3.62. The maximum Gasteiger partial charge on any atom is 0.323 e. The molecule has 1 aromatic rings. The third-order valence-corrected chi connectivity index (χ3v) is 5.14. The van der Waals surface area contributed by atoms with Gasteiger partial charge in [0.2, 0.25) is 0 Å². The van der Waals surface area contributed by atoms with Gasteiger partial charge in [0.1, 0.15) is 0 Å². The number of carboxylic acids is 1. The Kier molecular flexibility index (Phi) is 4.51. The molecule has 1 saturated heterocycles. The Bertz CT molecular complexity index is 638. The van der Waals surface area contributed by atoms with Gasteiger partial charge in [0.25, 0.3) is 0 Å². The average molecular weight is 334 g/mol. The van der Waals surface area contributed by atoms with E-state index in [1.165, 1.54) is 12.8 Å². The van der Waals surface area contributed by atoms with Crippen molar-refractivity contribution in [2.24, 2.45) is 17.8 Å². The van der Waals surface area contributed by atoms with Crippen LogP contribution in [0.25, 0.3) is 0 Å². The van der Waals surface area contributed by atoms with E-state index in [1.54, 1.807) is 4.90 Å².